The SMILES string of the molecule is Cc1ccc(SCC(=O)N/N=C\c2cnn(Cc3ccccc3)c2)cc1. The van der Waals surface area contributed by atoms with Gasteiger partial charge in [0.15, 0.2) is 0 Å². The molecule has 1 amide bonds. The minimum atomic E-state index is -0.136. The lowest BCUT2D eigenvalue weighted by atomic mass is 10.2. The minimum absolute atomic E-state index is 0.136. The summed E-state index contributed by atoms with van der Waals surface area (Å²) in [4.78, 5) is 12.9. The molecular formula is C20H20N4OS. The zero-order valence-electron chi connectivity index (χ0n) is 14.5. The number of thioether (sulfide) groups is 1. The quantitative estimate of drug-likeness (QED) is 0.397. The van der Waals surface area contributed by atoms with Gasteiger partial charge in [0.25, 0.3) is 0 Å². The molecule has 0 bridgehead atoms. The Morgan fingerprint density at radius 3 is 2.73 bits per heavy atom. The molecule has 0 saturated heterocycles. The van der Waals surface area contributed by atoms with Crippen LogP contribution >= 0.6 is 11.8 Å². The van der Waals surface area contributed by atoms with Crippen LogP contribution in [-0.4, -0.2) is 27.7 Å². The number of hydrazone groups is 1. The van der Waals surface area contributed by atoms with Gasteiger partial charge >= 0.3 is 0 Å². The monoisotopic (exact) mass is 364 g/mol. The Kier molecular flexibility index (Phi) is 6.22. The number of rotatable bonds is 7. The Morgan fingerprint density at radius 1 is 1.19 bits per heavy atom. The van der Waals surface area contributed by atoms with Crippen molar-refractivity contribution in [2.45, 2.75) is 18.4 Å². The van der Waals surface area contributed by atoms with Gasteiger partial charge in [-0.1, -0.05) is 48.0 Å². The number of nitrogens with zero attached hydrogens (tertiary/aromatic N) is 3. The van der Waals surface area contributed by atoms with Crippen molar-refractivity contribution in [2.75, 3.05) is 5.75 Å². The maximum absolute atomic E-state index is 11.9. The third kappa shape index (κ3) is 5.60. The molecule has 0 unspecified atom stereocenters. The Balaban J connectivity index is 1.44. The molecule has 5 nitrogen and oxygen atoms in total. The highest BCUT2D eigenvalue weighted by Gasteiger charge is 2.02. The van der Waals surface area contributed by atoms with Gasteiger partial charge in [0.2, 0.25) is 5.91 Å². The number of hydrogen-bond donors (Lipinski definition) is 1. The predicted octanol–water partition coefficient (Wildman–Crippen LogP) is 3.48. The maximum Gasteiger partial charge on any atom is 0.250 e. The van der Waals surface area contributed by atoms with Crippen molar-refractivity contribution in [1.29, 1.82) is 0 Å². The number of aromatic nitrogens is 2. The average Bonchev–Trinajstić information content (AvgIpc) is 3.09. The second-order valence-corrected chi connectivity index (χ2v) is 6.90. The van der Waals surface area contributed by atoms with Crippen molar-refractivity contribution < 1.29 is 4.79 Å². The van der Waals surface area contributed by atoms with E-state index in [2.05, 4.69) is 27.8 Å². The number of carbonyl (C=O) groups excluding carboxylic acids is 1. The van der Waals surface area contributed by atoms with E-state index in [0.29, 0.717) is 12.3 Å². The van der Waals surface area contributed by atoms with Gasteiger partial charge in [-0.05, 0) is 24.6 Å². The van der Waals surface area contributed by atoms with E-state index in [9.17, 15) is 4.79 Å². The lowest BCUT2D eigenvalue weighted by Gasteiger charge is -2.01. The normalized spacial score (nSPS) is 11.0. The zero-order valence-corrected chi connectivity index (χ0v) is 15.3. The average molecular weight is 364 g/mol. The van der Waals surface area contributed by atoms with Crippen molar-refractivity contribution in [3.8, 4) is 0 Å². The van der Waals surface area contributed by atoms with Gasteiger partial charge in [0.05, 0.1) is 24.7 Å². The van der Waals surface area contributed by atoms with Gasteiger partial charge in [0, 0.05) is 16.7 Å². The fourth-order valence-corrected chi connectivity index (χ4v) is 2.99. The molecule has 0 fully saturated rings. The first-order valence-corrected chi connectivity index (χ1v) is 9.25. The van der Waals surface area contributed by atoms with E-state index in [1.807, 2.05) is 60.3 Å². The first-order chi connectivity index (χ1) is 12.7. The van der Waals surface area contributed by atoms with Crippen LogP contribution < -0.4 is 5.43 Å². The summed E-state index contributed by atoms with van der Waals surface area (Å²) in [7, 11) is 0. The molecule has 6 heteroatoms. The summed E-state index contributed by atoms with van der Waals surface area (Å²) in [6, 6.07) is 18.2. The van der Waals surface area contributed by atoms with E-state index in [-0.39, 0.29) is 5.91 Å². The van der Waals surface area contributed by atoms with E-state index in [1.54, 1.807) is 12.4 Å². The number of hydrogen-bond acceptors (Lipinski definition) is 4. The number of aryl methyl sites for hydroxylation is 1. The molecule has 0 atom stereocenters. The predicted molar refractivity (Wildman–Crippen MR) is 105 cm³/mol. The molecule has 1 aromatic heterocycles. The fourth-order valence-electron chi connectivity index (χ4n) is 2.30. The molecular weight excluding hydrogens is 344 g/mol. The molecule has 1 heterocycles. The van der Waals surface area contributed by atoms with E-state index >= 15 is 0 Å². The Hall–Kier alpha value is -2.86. The summed E-state index contributed by atoms with van der Waals surface area (Å²) in [5, 5.41) is 8.30. The van der Waals surface area contributed by atoms with Gasteiger partial charge in [-0.2, -0.15) is 10.2 Å². The highest BCUT2D eigenvalue weighted by atomic mass is 32.2. The number of benzene rings is 2. The first-order valence-electron chi connectivity index (χ1n) is 8.27. The molecule has 2 aromatic carbocycles. The van der Waals surface area contributed by atoms with Gasteiger partial charge in [-0.25, -0.2) is 5.43 Å². The second-order valence-electron chi connectivity index (χ2n) is 5.85. The van der Waals surface area contributed by atoms with Crippen LogP contribution in [0.3, 0.4) is 0 Å². The molecule has 3 rings (SSSR count). The van der Waals surface area contributed by atoms with Crippen LogP contribution in [0, 0.1) is 6.92 Å². The number of amides is 1. The van der Waals surface area contributed by atoms with E-state index in [0.717, 1.165) is 10.5 Å². The lowest BCUT2D eigenvalue weighted by molar-refractivity contribution is -0.118. The second kappa shape index (κ2) is 9.01. The maximum atomic E-state index is 11.9. The summed E-state index contributed by atoms with van der Waals surface area (Å²) in [6.45, 7) is 2.74. The number of nitrogens with one attached hydrogen (secondary N) is 1. The molecule has 0 aliphatic heterocycles. The van der Waals surface area contributed by atoms with Gasteiger partial charge in [-0.15, -0.1) is 11.8 Å². The third-order valence-corrected chi connectivity index (χ3v) is 4.65. The Labute approximate surface area is 157 Å². The molecule has 0 saturated carbocycles. The van der Waals surface area contributed by atoms with Crippen LogP contribution in [0.1, 0.15) is 16.7 Å². The fraction of sp³-hybridized carbons (Fsp3) is 0.150. The highest BCUT2D eigenvalue weighted by Crippen LogP contribution is 2.17. The summed E-state index contributed by atoms with van der Waals surface area (Å²) in [5.41, 5.74) is 5.77. The molecule has 0 aliphatic rings. The Bertz CT molecular complexity index is 872. The lowest BCUT2D eigenvalue weighted by Crippen LogP contribution is -2.19. The third-order valence-electron chi connectivity index (χ3n) is 3.63. The summed E-state index contributed by atoms with van der Waals surface area (Å²) in [6.07, 6.45) is 5.21. The van der Waals surface area contributed by atoms with Gasteiger partial charge in [0.1, 0.15) is 0 Å². The summed E-state index contributed by atoms with van der Waals surface area (Å²) >= 11 is 1.49. The molecule has 0 spiro atoms. The van der Waals surface area contributed by atoms with Crippen LogP contribution in [0.2, 0.25) is 0 Å². The molecule has 0 aliphatic carbocycles. The van der Waals surface area contributed by atoms with E-state index < -0.39 is 0 Å². The van der Waals surface area contributed by atoms with Crippen LogP contribution in [0.15, 0.2) is 77.0 Å². The molecule has 3 aromatic rings. The topological polar surface area (TPSA) is 59.3 Å². The highest BCUT2D eigenvalue weighted by molar-refractivity contribution is 8.00. The molecule has 132 valence electrons. The first kappa shape index (κ1) is 17.9. The van der Waals surface area contributed by atoms with Crippen molar-refractivity contribution in [2.24, 2.45) is 5.10 Å². The minimum Gasteiger partial charge on any atom is -0.272 e. The molecule has 26 heavy (non-hydrogen) atoms. The van der Waals surface area contributed by atoms with Crippen LogP contribution in [-0.2, 0) is 11.3 Å². The smallest absolute Gasteiger partial charge is 0.250 e. The summed E-state index contributed by atoms with van der Waals surface area (Å²) < 4.78 is 1.84. The zero-order chi connectivity index (χ0) is 18.2. The standard InChI is InChI=1S/C20H20N4OS/c1-16-7-9-19(10-8-16)26-15-20(25)23-21-11-18-12-22-24(14-18)13-17-5-3-2-4-6-17/h2-12,14H,13,15H2,1H3,(H,23,25)/b21-11-. The molecule has 0 radical (unpaired) electrons. The van der Waals surface area contributed by atoms with Gasteiger partial charge in [-0.3, -0.25) is 9.48 Å². The number of carbonyl (C=O) groups is 1. The largest absolute Gasteiger partial charge is 0.272 e. The summed E-state index contributed by atoms with van der Waals surface area (Å²) in [5.74, 6) is 0.191. The van der Waals surface area contributed by atoms with Crippen LogP contribution in [0.25, 0.3) is 0 Å². The van der Waals surface area contributed by atoms with E-state index in [1.165, 1.54) is 22.9 Å². The van der Waals surface area contributed by atoms with Crippen molar-refractivity contribution >= 4 is 23.9 Å². The van der Waals surface area contributed by atoms with Crippen LogP contribution in [0.4, 0.5) is 0 Å². The van der Waals surface area contributed by atoms with E-state index in [4.69, 9.17) is 0 Å². The van der Waals surface area contributed by atoms with Gasteiger partial charge < -0.3 is 0 Å². The van der Waals surface area contributed by atoms with Crippen molar-refractivity contribution in [3.63, 3.8) is 0 Å². The van der Waals surface area contributed by atoms with Crippen LogP contribution in [0.5, 0.6) is 0 Å². The Morgan fingerprint density at radius 2 is 1.96 bits per heavy atom. The van der Waals surface area contributed by atoms with Crippen molar-refractivity contribution in [1.82, 2.24) is 15.2 Å². The van der Waals surface area contributed by atoms with Crippen molar-refractivity contribution in [3.05, 3.63) is 83.7 Å². The molecule has 1 N–H and O–H groups in total.